The number of aromatic nitrogens is 1. The molecule has 0 N–H and O–H groups in total. The van der Waals surface area contributed by atoms with Crippen LogP contribution in [-0.4, -0.2) is 25.5 Å². The van der Waals surface area contributed by atoms with Gasteiger partial charge in [-0.15, -0.1) is 0 Å². The summed E-state index contributed by atoms with van der Waals surface area (Å²) in [7, 11) is -2.46. The number of carbonyl (C=O) groups is 1. The lowest BCUT2D eigenvalue weighted by Gasteiger charge is -2.10. The minimum Gasteiger partial charge on any atom is -0.469 e. The van der Waals surface area contributed by atoms with Crippen molar-refractivity contribution in [1.29, 1.82) is 0 Å². The first-order valence-corrected chi connectivity index (χ1v) is 10.0. The van der Waals surface area contributed by atoms with Gasteiger partial charge in [0.2, 0.25) is 0 Å². The summed E-state index contributed by atoms with van der Waals surface area (Å²) in [6.45, 7) is 1.76. The molecule has 0 bridgehead atoms. The van der Waals surface area contributed by atoms with Crippen LogP contribution in [0.15, 0.2) is 53.6 Å². The van der Waals surface area contributed by atoms with Gasteiger partial charge in [-0.1, -0.05) is 24.3 Å². The van der Waals surface area contributed by atoms with Gasteiger partial charge in [0.05, 0.1) is 23.9 Å². The number of aryl methyl sites for hydroxylation is 1. The molecule has 0 radical (unpaired) electrons. The molecule has 5 nitrogen and oxygen atoms in total. The number of benzene rings is 2. The number of methoxy groups -OCH3 is 1. The van der Waals surface area contributed by atoms with E-state index in [-0.39, 0.29) is 11.3 Å². The molecular formula is C18H16INO4S. The smallest absolute Gasteiger partial charge is 0.310 e. The van der Waals surface area contributed by atoms with Crippen LogP contribution in [0.5, 0.6) is 0 Å². The maximum atomic E-state index is 13.2. The van der Waals surface area contributed by atoms with E-state index in [0.29, 0.717) is 16.6 Å². The summed E-state index contributed by atoms with van der Waals surface area (Å²) >= 11 is 2.15. The topological polar surface area (TPSA) is 65.4 Å². The van der Waals surface area contributed by atoms with Crippen LogP contribution in [-0.2, 0) is 26.0 Å². The van der Waals surface area contributed by atoms with Crippen molar-refractivity contribution in [2.45, 2.75) is 18.2 Å². The molecule has 1 heterocycles. The predicted molar refractivity (Wildman–Crippen MR) is 104 cm³/mol. The molecule has 0 saturated heterocycles. The molecule has 2 aromatic carbocycles. The molecular weight excluding hydrogens is 453 g/mol. The Hall–Kier alpha value is -1.87. The Labute approximate surface area is 159 Å². The van der Waals surface area contributed by atoms with Gasteiger partial charge in [0.15, 0.2) is 0 Å². The normalized spacial score (nSPS) is 11.6. The SMILES string of the molecule is COC(=O)Cc1cn(S(=O)(=O)c2ccccc2C)c2cccc(I)c12. The van der Waals surface area contributed by atoms with Crippen LogP contribution < -0.4 is 0 Å². The summed E-state index contributed by atoms with van der Waals surface area (Å²) in [5, 5.41) is 0.755. The number of carbonyl (C=O) groups excluding carboxylic acids is 1. The Bertz CT molecular complexity index is 1070. The summed E-state index contributed by atoms with van der Waals surface area (Å²) in [5.41, 5.74) is 1.85. The Morgan fingerprint density at radius 2 is 1.88 bits per heavy atom. The van der Waals surface area contributed by atoms with Crippen LogP contribution in [0, 0.1) is 10.5 Å². The van der Waals surface area contributed by atoms with Crippen molar-refractivity contribution in [3.8, 4) is 0 Å². The van der Waals surface area contributed by atoms with Crippen LogP contribution in [0.2, 0.25) is 0 Å². The number of hydrogen-bond acceptors (Lipinski definition) is 4. The molecule has 3 rings (SSSR count). The molecule has 130 valence electrons. The summed E-state index contributed by atoms with van der Waals surface area (Å²) < 4.78 is 33.3. The van der Waals surface area contributed by atoms with Gasteiger partial charge in [-0.2, -0.15) is 0 Å². The Morgan fingerprint density at radius 1 is 1.16 bits per heavy atom. The highest BCUT2D eigenvalue weighted by molar-refractivity contribution is 14.1. The van der Waals surface area contributed by atoms with Gasteiger partial charge in [-0.05, 0) is 58.8 Å². The third-order valence-electron chi connectivity index (χ3n) is 4.02. The van der Waals surface area contributed by atoms with E-state index < -0.39 is 16.0 Å². The van der Waals surface area contributed by atoms with Crippen molar-refractivity contribution >= 4 is 49.5 Å². The number of rotatable bonds is 4. The van der Waals surface area contributed by atoms with Gasteiger partial charge in [0.25, 0.3) is 10.0 Å². The molecule has 0 atom stereocenters. The summed E-state index contributed by atoms with van der Waals surface area (Å²) in [6, 6.07) is 12.3. The third-order valence-corrected chi connectivity index (χ3v) is 6.75. The fraction of sp³-hybridized carbons (Fsp3) is 0.167. The van der Waals surface area contributed by atoms with Crippen molar-refractivity contribution in [1.82, 2.24) is 3.97 Å². The fourth-order valence-corrected chi connectivity index (χ4v) is 5.25. The van der Waals surface area contributed by atoms with E-state index in [1.165, 1.54) is 17.3 Å². The molecule has 0 aliphatic heterocycles. The van der Waals surface area contributed by atoms with E-state index in [9.17, 15) is 13.2 Å². The minimum absolute atomic E-state index is 0.0172. The number of hydrogen-bond donors (Lipinski definition) is 0. The Balaban J connectivity index is 2.29. The highest BCUT2D eigenvalue weighted by Crippen LogP contribution is 2.30. The molecule has 7 heteroatoms. The number of ether oxygens (including phenoxy) is 1. The zero-order chi connectivity index (χ0) is 18.2. The highest BCUT2D eigenvalue weighted by Gasteiger charge is 2.24. The molecule has 0 aliphatic carbocycles. The quantitative estimate of drug-likeness (QED) is 0.434. The lowest BCUT2D eigenvalue weighted by atomic mass is 10.1. The minimum atomic E-state index is -3.77. The van der Waals surface area contributed by atoms with Crippen LogP contribution in [0.1, 0.15) is 11.1 Å². The monoisotopic (exact) mass is 469 g/mol. The van der Waals surface area contributed by atoms with Crippen molar-refractivity contribution in [2.75, 3.05) is 7.11 Å². The molecule has 0 amide bonds. The van der Waals surface area contributed by atoms with Gasteiger partial charge in [0, 0.05) is 15.2 Å². The number of halogens is 1. The first-order chi connectivity index (χ1) is 11.9. The van der Waals surface area contributed by atoms with Gasteiger partial charge in [0.1, 0.15) is 0 Å². The molecule has 3 aromatic rings. The molecule has 0 saturated carbocycles. The maximum Gasteiger partial charge on any atom is 0.310 e. The first kappa shape index (κ1) is 17.9. The van der Waals surface area contributed by atoms with Crippen molar-refractivity contribution in [2.24, 2.45) is 0 Å². The predicted octanol–water partition coefficient (Wildman–Crippen LogP) is 3.51. The zero-order valence-electron chi connectivity index (χ0n) is 13.7. The van der Waals surface area contributed by atoms with Crippen LogP contribution >= 0.6 is 22.6 Å². The second-order valence-electron chi connectivity index (χ2n) is 5.61. The second-order valence-corrected chi connectivity index (χ2v) is 8.55. The largest absolute Gasteiger partial charge is 0.469 e. The van der Waals surface area contributed by atoms with Crippen molar-refractivity contribution in [3.63, 3.8) is 0 Å². The molecule has 0 aliphatic rings. The fourth-order valence-electron chi connectivity index (χ4n) is 2.80. The molecule has 0 fully saturated rings. The highest BCUT2D eigenvalue weighted by atomic mass is 127. The van der Waals surface area contributed by atoms with E-state index >= 15 is 0 Å². The van der Waals surface area contributed by atoms with Crippen molar-refractivity contribution < 1.29 is 17.9 Å². The molecule has 1 aromatic heterocycles. The second kappa shape index (κ2) is 6.80. The molecule has 0 spiro atoms. The average Bonchev–Trinajstić information content (AvgIpc) is 2.95. The number of nitrogens with zero attached hydrogens (tertiary/aromatic N) is 1. The van der Waals surface area contributed by atoms with E-state index in [4.69, 9.17) is 4.74 Å². The standard InChI is InChI=1S/C18H16INO4S/c1-12-6-3-4-9-16(12)25(22,23)20-11-13(10-17(21)24-2)18-14(19)7-5-8-15(18)20/h3-9,11H,10H2,1-2H3. The number of esters is 1. The molecule has 25 heavy (non-hydrogen) atoms. The third kappa shape index (κ3) is 3.18. The lowest BCUT2D eigenvalue weighted by molar-refractivity contribution is -0.139. The van der Waals surface area contributed by atoms with E-state index in [0.717, 1.165) is 8.96 Å². The van der Waals surface area contributed by atoms with Gasteiger partial charge < -0.3 is 4.74 Å². The Kier molecular flexibility index (Phi) is 4.88. The van der Waals surface area contributed by atoms with Gasteiger partial charge in [-0.25, -0.2) is 12.4 Å². The Morgan fingerprint density at radius 3 is 2.56 bits per heavy atom. The first-order valence-electron chi connectivity index (χ1n) is 7.52. The average molecular weight is 469 g/mol. The van der Waals surface area contributed by atoms with E-state index in [2.05, 4.69) is 22.6 Å². The van der Waals surface area contributed by atoms with Gasteiger partial charge in [-0.3, -0.25) is 4.79 Å². The zero-order valence-corrected chi connectivity index (χ0v) is 16.7. The van der Waals surface area contributed by atoms with E-state index in [1.54, 1.807) is 43.3 Å². The summed E-state index contributed by atoms with van der Waals surface area (Å²) in [6.07, 6.45) is 1.54. The van der Waals surface area contributed by atoms with Gasteiger partial charge >= 0.3 is 5.97 Å². The van der Waals surface area contributed by atoms with Crippen LogP contribution in [0.4, 0.5) is 0 Å². The van der Waals surface area contributed by atoms with Crippen LogP contribution in [0.3, 0.4) is 0 Å². The van der Waals surface area contributed by atoms with Crippen LogP contribution in [0.25, 0.3) is 10.9 Å². The summed E-state index contributed by atoms with van der Waals surface area (Å²) in [4.78, 5) is 12.0. The number of fused-ring (bicyclic) bond motifs is 1. The maximum absolute atomic E-state index is 13.2. The molecule has 0 unspecified atom stereocenters. The lowest BCUT2D eigenvalue weighted by Crippen LogP contribution is -2.13. The van der Waals surface area contributed by atoms with E-state index in [1.807, 2.05) is 6.07 Å². The summed E-state index contributed by atoms with van der Waals surface area (Å²) in [5.74, 6) is -0.410. The van der Waals surface area contributed by atoms with Crippen molar-refractivity contribution in [3.05, 3.63) is 63.4 Å².